The van der Waals surface area contributed by atoms with Gasteiger partial charge >= 0.3 is 6.18 Å². The minimum absolute atomic E-state index is 0.230. The Kier molecular flexibility index (Phi) is 4.80. The largest absolute Gasteiger partial charge is 0.390 e. The molecule has 0 fully saturated rings. The number of carbonyl (C=O) groups excluding carboxylic acids is 1. The summed E-state index contributed by atoms with van der Waals surface area (Å²) in [7, 11) is 1.39. The van der Waals surface area contributed by atoms with Crippen molar-refractivity contribution in [2.75, 3.05) is 13.6 Å². The first kappa shape index (κ1) is 12.3. The fraction of sp³-hybridized carbons (Fsp3) is 0.875. The number of carbonyl (C=O) groups is 1. The van der Waals surface area contributed by atoms with E-state index in [1.165, 1.54) is 7.05 Å². The van der Waals surface area contributed by atoms with Crippen LogP contribution in [0.2, 0.25) is 0 Å². The van der Waals surface area contributed by atoms with Crippen LogP contribution in [-0.2, 0) is 4.79 Å². The molecule has 0 saturated heterocycles. The Hall–Kier alpha value is -0.740. The second-order valence-electron chi connectivity index (χ2n) is 2.93. The molecule has 0 aromatic carbocycles. The normalized spacial score (nSPS) is 11.5. The zero-order valence-corrected chi connectivity index (χ0v) is 7.82. The van der Waals surface area contributed by atoms with Crippen LogP contribution in [0.15, 0.2) is 0 Å². The van der Waals surface area contributed by atoms with Crippen LogP contribution in [0.4, 0.5) is 13.2 Å². The van der Waals surface area contributed by atoms with Crippen molar-refractivity contribution in [3.05, 3.63) is 0 Å². The Morgan fingerprint density at radius 3 is 2.31 bits per heavy atom. The van der Waals surface area contributed by atoms with Crippen LogP contribution in [0.5, 0.6) is 0 Å². The number of alkyl halides is 3. The Morgan fingerprint density at radius 1 is 1.38 bits per heavy atom. The van der Waals surface area contributed by atoms with Gasteiger partial charge in [0.2, 0.25) is 5.91 Å². The number of halogens is 3. The highest BCUT2D eigenvalue weighted by Gasteiger charge is 2.27. The van der Waals surface area contributed by atoms with Gasteiger partial charge in [-0.1, -0.05) is 6.92 Å². The molecule has 0 radical (unpaired) electrons. The molecule has 1 amide bonds. The third-order valence-corrected chi connectivity index (χ3v) is 1.62. The molecule has 13 heavy (non-hydrogen) atoms. The van der Waals surface area contributed by atoms with Gasteiger partial charge in [0.15, 0.2) is 0 Å². The smallest absolute Gasteiger partial charge is 0.345 e. The fourth-order valence-corrected chi connectivity index (χ4v) is 0.824. The van der Waals surface area contributed by atoms with Gasteiger partial charge in [-0.3, -0.25) is 4.79 Å². The van der Waals surface area contributed by atoms with E-state index in [9.17, 15) is 18.0 Å². The van der Waals surface area contributed by atoms with Crippen LogP contribution in [0.1, 0.15) is 26.2 Å². The lowest BCUT2D eigenvalue weighted by Gasteiger charge is -2.17. The van der Waals surface area contributed by atoms with Crippen molar-refractivity contribution in [3.8, 4) is 0 Å². The number of hydrogen-bond acceptors (Lipinski definition) is 1. The van der Waals surface area contributed by atoms with E-state index in [4.69, 9.17) is 0 Å². The molecule has 0 atom stereocenters. The van der Waals surface area contributed by atoms with Crippen LogP contribution >= 0.6 is 0 Å². The van der Waals surface area contributed by atoms with Gasteiger partial charge in [-0.15, -0.1) is 0 Å². The van der Waals surface area contributed by atoms with Crippen LogP contribution in [0, 0.1) is 0 Å². The van der Waals surface area contributed by atoms with Crippen LogP contribution in [0.25, 0.3) is 0 Å². The molecule has 0 aliphatic heterocycles. The third-order valence-electron chi connectivity index (χ3n) is 1.62. The second kappa shape index (κ2) is 5.09. The van der Waals surface area contributed by atoms with Gasteiger partial charge < -0.3 is 4.90 Å². The summed E-state index contributed by atoms with van der Waals surface area (Å²) < 4.78 is 35.2. The van der Waals surface area contributed by atoms with E-state index in [-0.39, 0.29) is 12.5 Å². The molecule has 0 bridgehead atoms. The fourth-order valence-electron chi connectivity index (χ4n) is 0.824. The Bertz CT molecular complexity index is 167. The highest BCUT2D eigenvalue weighted by molar-refractivity contribution is 5.75. The van der Waals surface area contributed by atoms with Gasteiger partial charge in [0.1, 0.15) is 0 Å². The van der Waals surface area contributed by atoms with Gasteiger partial charge in [-0.05, 0) is 6.42 Å². The first-order valence-electron chi connectivity index (χ1n) is 4.17. The van der Waals surface area contributed by atoms with Crippen molar-refractivity contribution < 1.29 is 18.0 Å². The molecule has 0 aromatic heterocycles. The maximum atomic E-state index is 11.7. The van der Waals surface area contributed by atoms with Crippen molar-refractivity contribution in [1.29, 1.82) is 0 Å². The summed E-state index contributed by atoms with van der Waals surface area (Å²) in [6.45, 7) is 1.57. The minimum Gasteiger partial charge on any atom is -0.345 e. The van der Waals surface area contributed by atoms with E-state index < -0.39 is 12.6 Å². The van der Waals surface area contributed by atoms with E-state index in [0.717, 1.165) is 4.90 Å². The van der Waals surface area contributed by atoms with Crippen molar-refractivity contribution in [2.24, 2.45) is 0 Å². The standard InChI is InChI=1S/C8H14F3NO/c1-3-4-7(13)12(2)6-5-8(9,10)11/h3-6H2,1-2H3. The van der Waals surface area contributed by atoms with Crippen molar-refractivity contribution in [3.63, 3.8) is 0 Å². The highest BCUT2D eigenvalue weighted by Crippen LogP contribution is 2.19. The molecule has 5 heteroatoms. The molecule has 2 nitrogen and oxygen atoms in total. The second-order valence-corrected chi connectivity index (χ2v) is 2.93. The van der Waals surface area contributed by atoms with E-state index in [0.29, 0.717) is 12.8 Å². The molecule has 0 heterocycles. The molecule has 0 saturated carbocycles. The Labute approximate surface area is 75.7 Å². The highest BCUT2D eigenvalue weighted by atomic mass is 19.4. The van der Waals surface area contributed by atoms with Gasteiger partial charge in [0, 0.05) is 20.0 Å². The average Bonchev–Trinajstić information content (AvgIpc) is 1.99. The van der Waals surface area contributed by atoms with E-state index in [2.05, 4.69) is 0 Å². The lowest BCUT2D eigenvalue weighted by Crippen LogP contribution is -2.30. The SMILES string of the molecule is CCCC(=O)N(C)CCC(F)(F)F. The molecule has 0 aromatic rings. The zero-order chi connectivity index (χ0) is 10.5. The van der Waals surface area contributed by atoms with Gasteiger partial charge in [0.25, 0.3) is 0 Å². The summed E-state index contributed by atoms with van der Waals surface area (Å²) >= 11 is 0. The summed E-state index contributed by atoms with van der Waals surface area (Å²) in [6.07, 6.45) is -4.14. The molecular formula is C8H14F3NO. The van der Waals surface area contributed by atoms with Crippen LogP contribution in [0.3, 0.4) is 0 Å². The maximum Gasteiger partial charge on any atom is 0.390 e. The zero-order valence-electron chi connectivity index (χ0n) is 7.82. The molecule has 78 valence electrons. The number of hydrogen-bond donors (Lipinski definition) is 0. The molecule has 0 aliphatic rings. The van der Waals surface area contributed by atoms with Crippen LogP contribution in [-0.4, -0.2) is 30.6 Å². The predicted octanol–water partition coefficient (Wildman–Crippen LogP) is 2.20. The predicted molar refractivity (Wildman–Crippen MR) is 43.2 cm³/mol. The van der Waals surface area contributed by atoms with Crippen molar-refractivity contribution in [1.82, 2.24) is 4.90 Å². The third kappa shape index (κ3) is 6.42. The number of rotatable bonds is 4. The lowest BCUT2D eigenvalue weighted by molar-refractivity contribution is -0.144. The van der Waals surface area contributed by atoms with Crippen molar-refractivity contribution in [2.45, 2.75) is 32.4 Å². The van der Waals surface area contributed by atoms with Crippen molar-refractivity contribution >= 4 is 5.91 Å². The molecule has 0 unspecified atom stereocenters. The number of amides is 1. The monoisotopic (exact) mass is 197 g/mol. The first-order chi connectivity index (χ1) is 5.87. The van der Waals surface area contributed by atoms with E-state index >= 15 is 0 Å². The summed E-state index contributed by atoms with van der Waals surface area (Å²) in [6, 6.07) is 0. The lowest BCUT2D eigenvalue weighted by atomic mass is 10.3. The summed E-state index contributed by atoms with van der Waals surface area (Å²) in [4.78, 5) is 12.1. The molecular weight excluding hydrogens is 183 g/mol. The minimum atomic E-state index is -4.18. The summed E-state index contributed by atoms with van der Waals surface area (Å²) in [5.74, 6) is -0.230. The quantitative estimate of drug-likeness (QED) is 0.676. The summed E-state index contributed by atoms with van der Waals surface area (Å²) in [5, 5.41) is 0. The van der Waals surface area contributed by atoms with E-state index in [1.54, 1.807) is 0 Å². The van der Waals surface area contributed by atoms with E-state index in [1.807, 2.05) is 6.92 Å². The molecule has 0 rings (SSSR count). The topological polar surface area (TPSA) is 20.3 Å². The van der Waals surface area contributed by atoms with Gasteiger partial charge in [-0.2, -0.15) is 13.2 Å². The van der Waals surface area contributed by atoms with Gasteiger partial charge in [-0.25, -0.2) is 0 Å². The van der Waals surface area contributed by atoms with Crippen LogP contribution < -0.4 is 0 Å². The number of nitrogens with zero attached hydrogens (tertiary/aromatic N) is 1. The molecule has 0 aliphatic carbocycles. The molecule has 0 spiro atoms. The first-order valence-corrected chi connectivity index (χ1v) is 4.17. The maximum absolute atomic E-state index is 11.7. The molecule has 0 N–H and O–H groups in total. The average molecular weight is 197 g/mol. The Morgan fingerprint density at radius 2 is 1.92 bits per heavy atom. The Balaban J connectivity index is 3.74. The summed E-state index contributed by atoms with van der Waals surface area (Å²) in [5.41, 5.74) is 0. The van der Waals surface area contributed by atoms with Gasteiger partial charge in [0.05, 0.1) is 6.42 Å².